The molecule has 0 radical (unpaired) electrons. The maximum absolute atomic E-state index is 13.8. The number of benzene rings is 1. The maximum Gasteiger partial charge on any atom is 0.407 e. The maximum atomic E-state index is 13.8. The lowest BCUT2D eigenvalue weighted by Crippen LogP contribution is -2.51. The Hall–Kier alpha value is -5.93. The zero-order valence-electron chi connectivity index (χ0n) is 34.0. The number of fused-ring (bicyclic) bond motifs is 2. The van der Waals surface area contributed by atoms with Crippen molar-refractivity contribution >= 4 is 24.0 Å². The first-order chi connectivity index (χ1) is 28.0. The molecule has 4 amide bonds. The molecule has 16 nitrogen and oxygen atoms in total. The van der Waals surface area contributed by atoms with Gasteiger partial charge in [0.25, 0.3) is 0 Å². The van der Waals surface area contributed by atoms with Crippen molar-refractivity contribution in [3.05, 3.63) is 65.6 Å². The number of alkyl carbamates (subject to hydrolysis) is 2. The van der Waals surface area contributed by atoms with Crippen LogP contribution in [0.2, 0.25) is 0 Å². The summed E-state index contributed by atoms with van der Waals surface area (Å²) in [6.45, 7) is 9.03. The van der Waals surface area contributed by atoms with Crippen molar-refractivity contribution in [3.8, 4) is 34.1 Å². The molecule has 1 unspecified atom stereocenters. The number of carbonyl (C=O) groups excluding carboxylic acids is 4. The van der Waals surface area contributed by atoms with Crippen LogP contribution in [0.1, 0.15) is 101 Å². The lowest BCUT2D eigenvalue weighted by Gasteiger charge is -2.30. The Morgan fingerprint density at radius 1 is 0.759 bits per heavy atom. The van der Waals surface area contributed by atoms with Crippen LogP contribution >= 0.6 is 0 Å². The molecule has 2 saturated heterocycles. The predicted octanol–water partition coefficient (Wildman–Crippen LogP) is 6.43. The largest absolute Gasteiger partial charge is 0.453 e. The monoisotopic (exact) mass is 795 g/mol. The molecule has 4 N–H and O–H groups in total. The number of nitrogens with zero attached hydrogens (tertiary/aromatic N) is 5. The van der Waals surface area contributed by atoms with E-state index in [2.05, 4.69) is 26.7 Å². The third kappa shape index (κ3) is 8.09. The summed E-state index contributed by atoms with van der Waals surface area (Å²) in [5, 5.41) is 5.48. The number of rotatable bonds is 12. The molecule has 0 aliphatic carbocycles. The van der Waals surface area contributed by atoms with Crippen molar-refractivity contribution < 1.29 is 33.4 Å². The number of methoxy groups -OCH3 is 2. The molecule has 58 heavy (non-hydrogen) atoms. The second kappa shape index (κ2) is 17.3. The van der Waals surface area contributed by atoms with Crippen LogP contribution in [0, 0.1) is 11.8 Å². The van der Waals surface area contributed by atoms with E-state index in [1.54, 1.807) is 18.6 Å². The highest BCUT2D eigenvalue weighted by Crippen LogP contribution is 2.40. The van der Waals surface area contributed by atoms with Crippen LogP contribution in [0.4, 0.5) is 9.59 Å². The van der Waals surface area contributed by atoms with E-state index in [9.17, 15) is 19.2 Å². The molecule has 4 aromatic rings. The minimum Gasteiger partial charge on any atom is -0.453 e. The van der Waals surface area contributed by atoms with Gasteiger partial charge in [-0.3, -0.25) is 9.59 Å². The number of likely N-dealkylation sites (tertiary alicyclic amines) is 2. The normalized spacial score (nSPS) is 19.3. The lowest BCUT2D eigenvalue weighted by molar-refractivity contribution is -0.136. The summed E-state index contributed by atoms with van der Waals surface area (Å²) in [6.07, 6.45) is 9.29. The van der Waals surface area contributed by atoms with E-state index in [4.69, 9.17) is 29.2 Å². The van der Waals surface area contributed by atoms with Crippen molar-refractivity contribution in [2.24, 2.45) is 11.8 Å². The first-order valence-corrected chi connectivity index (χ1v) is 20.2. The minimum atomic E-state index is -0.694. The Morgan fingerprint density at radius 3 is 1.81 bits per heavy atom. The van der Waals surface area contributed by atoms with Gasteiger partial charge in [-0.1, -0.05) is 52.7 Å². The van der Waals surface area contributed by atoms with Gasteiger partial charge in [0.05, 0.1) is 50.1 Å². The number of ether oxygens (including phenoxy) is 3. The Kier molecular flexibility index (Phi) is 12.0. The van der Waals surface area contributed by atoms with Crippen LogP contribution in [0.3, 0.4) is 0 Å². The molecule has 2 fully saturated rings. The molecule has 3 aliphatic rings. The van der Waals surface area contributed by atoms with Crippen molar-refractivity contribution in [1.29, 1.82) is 0 Å². The molecule has 6 atom stereocenters. The number of nitrogens with one attached hydrogen (secondary N) is 4. The summed E-state index contributed by atoms with van der Waals surface area (Å²) in [7, 11) is 2.59. The van der Waals surface area contributed by atoms with E-state index in [0.29, 0.717) is 42.8 Å². The number of H-pyrrole nitrogens is 2. The van der Waals surface area contributed by atoms with E-state index >= 15 is 0 Å². The fourth-order valence-corrected chi connectivity index (χ4v) is 8.17. The van der Waals surface area contributed by atoms with Crippen LogP contribution < -0.4 is 15.4 Å². The van der Waals surface area contributed by atoms with E-state index in [1.165, 1.54) is 14.2 Å². The van der Waals surface area contributed by atoms with Gasteiger partial charge in [0.15, 0.2) is 0 Å². The molecule has 0 saturated carbocycles. The number of aromatic amines is 2. The smallest absolute Gasteiger partial charge is 0.407 e. The van der Waals surface area contributed by atoms with Gasteiger partial charge in [-0.05, 0) is 55.2 Å². The third-order valence-corrected chi connectivity index (χ3v) is 12.0. The Balaban J connectivity index is 1.03. The summed E-state index contributed by atoms with van der Waals surface area (Å²) in [5.41, 5.74) is 5.27. The Labute approximate surface area is 337 Å². The summed E-state index contributed by atoms with van der Waals surface area (Å²) >= 11 is 0. The van der Waals surface area contributed by atoms with Crippen LogP contribution in [0.15, 0.2) is 42.9 Å². The average Bonchev–Trinajstić information content (AvgIpc) is 4.09. The predicted molar refractivity (Wildman–Crippen MR) is 214 cm³/mol. The highest BCUT2D eigenvalue weighted by molar-refractivity contribution is 5.87. The van der Waals surface area contributed by atoms with E-state index in [0.717, 1.165) is 72.2 Å². The number of hydrogen-bond acceptors (Lipinski definition) is 10. The van der Waals surface area contributed by atoms with E-state index in [-0.39, 0.29) is 35.7 Å². The Morgan fingerprint density at radius 2 is 1.29 bits per heavy atom. The van der Waals surface area contributed by atoms with Gasteiger partial charge in [-0.15, -0.1) is 0 Å². The molecule has 7 rings (SSSR count). The van der Waals surface area contributed by atoms with Crippen molar-refractivity contribution in [2.45, 2.75) is 96.8 Å². The van der Waals surface area contributed by atoms with E-state index in [1.807, 2.05) is 55.7 Å². The number of hydrogen-bond donors (Lipinski definition) is 4. The highest BCUT2D eigenvalue weighted by Gasteiger charge is 2.39. The number of imidazole rings is 2. The van der Waals surface area contributed by atoms with Crippen molar-refractivity contribution in [2.75, 3.05) is 27.3 Å². The standard InChI is InChI=1S/C42H53N9O7/c1-7-23(3)34(48-41(54)56-5)39(52)50-15-9-11-31(50)36-43-21-29(46-36)25-13-14-26-17-27-18-28(20-45-38(27)58-33(26)19-25)30-22-44-37(47-30)32-12-10-16-51(32)40(53)35(24(4)8-2)49-42(55)57-6/h13-14,18-24,31-32,34-35H,7-12,15-17H2,1-6H3,(H,43,46)(H,44,47)(H,48,54)(H,49,55)/t23-,24-,31-,32-,34?,35-/m0/s1. The molecule has 16 heteroatoms. The number of aromatic nitrogens is 5. The molecule has 0 bridgehead atoms. The number of pyridine rings is 1. The van der Waals surface area contributed by atoms with Gasteiger partial charge in [0.1, 0.15) is 29.5 Å². The summed E-state index contributed by atoms with van der Waals surface area (Å²) in [4.78, 5) is 76.3. The molecule has 1 aromatic carbocycles. The van der Waals surface area contributed by atoms with Crippen molar-refractivity contribution in [1.82, 2.24) is 45.4 Å². The quantitative estimate of drug-likeness (QED) is 0.109. The minimum absolute atomic E-state index is 0.0701. The fourth-order valence-electron chi connectivity index (χ4n) is 8.17. The molecular weight excluding hydrogens is 743 g/mol. The summed E-state index contributed by atoms with van der Waals surface area (Å²) in [5.74, 6) is 2.19. The fraction of sp³-hybridized carbons (Fsp3) is 0.500. The van der Waals surface area contributed by atoms with Crippen LogP contribution in [-0.4, -0.2) is 98.1 Å². The van der Waals surface area contributed by atoms with Crippen LogP contribution in [0.25, 0.3) is 22.5 Å². The zero-order chi connectivity index (χ0) is 41.1. The Bertz CT molecular complexity index is 2000. The lowest BCUT2D eigenvalue weighted by atomic mass is 9.97. The van der Waals surface area contributed by atoms with Gasteiger partial charge in [-0.2, -0.15) is 0 Å². The second-order valence-corrected chi connectivity index (χ2v) is 15.5. The average molecular weight is 796 g/mol. The molecule has 308 valence electrons. The number of carbonyl (C=O) groups is 4. The highest BCUT2D eigenvalue weighted by atomic mass is 16.5. The van der Waals surface area contributed by atoms with Gasteiger partial charge in [0.2, 0.25) is 17.7 Å². The van der Waals surface area contributed by atoms with Crippen LogP contribution in [-0.2, 0) is 25.5 Å². The van der Waals surface area contributed by atoms with Gasteiger partial charge < -0.3 is 44.6 Å². The van der Waals surface area contributed by atoms with Crippen molar-refractivity contribution in [3.63, 3.8) is 0 Å². The second-order valence-electron chi connectivity index (χ2n) is 15.5. The first kappa shape index (κ1) is 40.3. The third-order valence-electron chi connectivity index (χ3n) is 12.0. The van der Waals surface area contributed by atoms with Crippen LogP contribution in [0.5, 0.6) is 11.6 Å². The summed E-state index contributed by atoms with van der Waals surface area (Å²) in [6, 6.07) is 6.23. The van der Waals surface area contributed by atoms with Gasteiger partial charge >= 0.3 is 12.2 Å². The molecule has 6 heterocycles. The van der Waals surface area contributed by atoms with Gasteiger partial charge in [0, 0.05) is 42.4 Å². The van der Waals surface area contributed by atoms with E-state index < -0.39 is 24.3 Å². The first-order valence-electron chi connectivity index (χ1n) is 20.2. The van der Waals surface area contributed by atoms with Gasteiger partial charge in [-0.25, -0.2) is 24.5 Å². The number of amides is 4. The molecule has 3 aliphatic heterocycles. The molecular formula is C42H53N9O7. The molecule has 3 aromatic heterocycles. The molecule has 0 spiro atoms. The topological polar surface area (TPSA) is 197 Å². The summed E-state index contributed by atoms with van der Waals surface area (Å²) < 4.78 is 16.0. The zero-order valence-corrected chi connectivity index (χ0v) is 34.0. The SMILES string of the molecule is CC[C@H](C)C(NC(=O)OC)C(=O)N1CCC[C@H]1c1ncc(-c2ccc3c(c2)Oc2ncc(-c4cnc([C@@H]5CCCN5C(=O)[C@@H](NC(=O)OC)[C@@H](C)CC)[nH]4)cc2C3)[nH]1.